The van der Waals surface area contributed by atoms with Gasteiger partial charge in [0.25, 0.3) is 0 Å². The molecule has 1 aromatic heterocycles. The largest absolute Gasteiger partial charge is 0.320 e. The van der Waals surface area contributed by atoms with Gasteiger partial charge >= 0.3 is 5.91 Å². The Morgan fingerprint density at radius 1 is 1.61 bits per heavy atom. The third-order valence-corrected chi connectivity index (χ3v) is 3.64. The minimum absolute atomic E-state index is 0.347. The number of aryl methyl sites for hydroxylation is 1. The Balaban J connectivity index is 2.11. The van der Waals surface area contributed by atoms with Gasteiger partial charge in [-0.3, -0.25) is 4.79 Å². The molecule has 0 unspecified atom stereocenters. The number of hydrogen-bond donors (Lipinski definition) is 0. The Bertz CT molecular complexity index is 519. The van der Waals surface area contributed by atoms with Crippen molar-refractivity contribution in [3.8, 4) is 0 Å². The van der Waals surface area contributed by atoms with Crippen LogP contribution >= 0.6 is 11.3 Å². The Labute approximate surface area is 109 Å². The Kier molecular flexibility index (Phi) is 3.99. The average molecular weight is 263 g/mol. The normalized spacial score (nSPS) is 14.5. The third-order valence-electron chi connectivity index (χ3n) is 2.55. The second-order valence-electron chi connectivity index (χ2n) is 3.92. The Hall–Kier alpha value is -1.82. The first-order valence-corrected chi connectivity index (χ1v) is 6.52. The van der Waals surface area contributed by atoms with Crippen LogP contribution in [0.3, 0.4) is 0 Å². The molecule has 0 aliphatic carbocycles. The van der Waals surface area contributed by atoms with E-state index in [4.69, 9.17) is 0 Å². The van der Waals surface area contributed by atoms with Crippen LogP contribution in [0, 0.1) is 4.91 Å². The predicted octanol–water partition coefficient (Wildman–Crippen LogP) is 2.65. The molecule has 1 aromatic rings. The first kappa shape index (κ1) is 12.6. The molecule has 18 heavy (non-hydrogen) atoms. The van der Waals surface area contributed by atoms with Crippen molar-refractivity contribution in [1.82, 2.24) is 4.98 Å². The van der Waals surface area contributed by atoms with Gasteiger partial charge < -0.3 is 4.90 Å². The fourth-order valence-corrected chi connectivity index (χ4v) is 2.67. The highest BCUT2D eigenvalue weighted by Gasteiger charge is 2.18. The number of rotatable bonds is 4. The van der Waals surface area contributed by atoms with Crippen LogP contribution in [-0.2, 0) is 11.2 Å². The van der Waals surface area contributed by atoms with Gasteiger partial charge in [0.2, 0.25) is 0 Å². The fraction of sp³-hybridized carbons (Fsp3) is 0.333. The highest BCUT2D eigenvalue weighted by molar-refractivity contribution is 7.15. The summed E-state index contributed by atoms with van der Waals surface area (Å²) in [5.41, 5.74) is 0.389. The molecule has 0 bridgehead atoms. The minimum Gasteiger partial charge on any atom is -0.320 e. The number of thiazole rings is 1. The zero-order valence-electron chi connectivity index (χ0n) is 10.00. The topological polar surface area (TPSA) is 62.6 Å². The first-order chi connectivity index (χ1) is 8.74. The van der Waals surface area contributed by atoms with Crippen molar-refractivity contribution < 1.29 is 4.79 Å². The molecule has 0 saturated carbocycles. The van der Waals surface area contributed by atoms with E-state index >= 15 is 0 Å². The van der Waals surface area contributed by atoms with Crippen molar-refractivity contribution in [3.63, 3.8) is 0 Å². The molecule has 1 amide bonds. The molecule has 0 aromatic carbocycles. The van der Waals surface area contributed by atoms with Gasteiger partial charge in [0, 0.05) is 28.0 Å². The van der Waals surface area contributed by atoms with Gasteiger partial charge in [0.1, 0.15) is 0 Å². The molecule has 2 heterocycles. The number of hydrogen-bond acceptors (Lipinski definition) is 5. The summed E-state index contributed by atoms with van der Waals surface area (Å²) >= 11 is 1.60. The lowest BCUT2D eigenvalue weighted by molar-refractivity contribution is -0.114. The SMILES string of the molecule is CCCc1cnc(N2C=CC=C(C(=O)N=O)C2)s1. The maximum absolute atomic E-state index is 11.2. The van der Waals surface area contributed by atoms with E-state index in [0.717, 1.165) is 18.0 Å². The Morgan fingerprint density at radius 3 is 3.17 bits per heavy atom. The summed E-state index contributed by atoms with van der Waals surface area (Å²) in [6, 6.07) is 0. The number of aromatic nitrogens is 1. The van der Waals surface area contributed by atoms with Crippen LogP contribution in [0.5, 0.6) is 0 Å². The van der Waals surface area contributed by atoms with Crippen molar-refractivity contribution in [1.29, 1.82) is 0 Å². The van der Waals surface area contributed by atoms with Gasteiger partial charge in [-0.25, -0.2) is 4.98 Å². The summed E-state index contributed by atoms with van der Waals surface area (Å²) in [7, 11) is 0. The van der Waals surface area contributed by atoms with E-state index < -0.39 is 5.91 Å². The smallest absolute Gasteiger partial charge is 0.314 e. The molecule has 0 atom stereocenters. The first-order valence-electron chi connectivity index (χ1n) is 5.71. The monoisotopic (exact) mass is 263 g/mol. The van der Waals surface area contributed by atoms with Gasteiger partial charge in [0.15, 0.2) is 5.13 Å². The van der Waals surface area contributed by atoms with E-state index in [9.17, 15) is 9.70 Å². The zero-order valence-corrected chi connectivity index (χ0v) is 10.8. The summed E-state index contributed by atoms with van der Waals surface area (Å²) in [6.45, 7) is 2.47. The Morgan fingerprint density at radius 2 is 2.44 bits per heavy atom. The summed E-state index contributed by atoms with van der Waals surface area (Å²) in [5.74, 6) is -0.713. The van der Waals surface area contributed by atoms with Crippen LogP contribution in [-0.4, -0.2) is 17.4 Å². The summed E-state index contributed by atoms with van der Waals surface area (Å²) in [6.07, 6.45) is 9.12. The molecule has 1 aliphatic heterocycles. The molecule has 0 saturated heterocycles. The molecule has 94 valence electrons. The number of anilines is 1. The lowest BCUT2D eigenvalue weighted by Crippen LogP contribution is -2.24. The maximum Gasteiger partial charge on any atom is 0.314 e. The summed E-state index contributed by atoms with van der Waals surface area (Å²) < 4.78 is 0. The van der Waals surface area contributed by atoms with Gasteiger partial charge in [-0.2, -0.15) is 0 Å². The lowest BCUT2D eigenvalue weighted by atomic mass is 10.2. The van der Waals surface area contributed by atoms with Crippen molar-refractivity contribution >= 4 is 22.4 Å². The predicted molar refractivity (Wildman–Crippen MR) is 71.5 cm³/mol. The lowest BCUT2D eigenvalue weighted by Gasteiger charge is -2.19. The minimum atomic E-state index is -0.713. The molecule has 1 aliphatic rings. The highest BCUT2D eigenvalue weighted by atomic mass is 32.1. The summed E-state index contributed by atoms with van der Waals surface area (Å²) in [5, 5.41) is 3.27. The van der Waals surface area contributed by atoms with Gasteiger partial charge in [0.05, 0.1) is 6.54 Å². The van der Waals surface area contributed by atoms with Crippen LogP contribution in [0.4, 0.5) is 5.13 Å². The van der Waals surface area contributed by atoms with E-state index in [1.165, 1.54) is 4.88 Å². The fourth-order valence-electron chi connectivity index (χ4n) is 1.67. The summed E-state index contributed by atoms with van der Waals surface area (Å²) in [4.78, 5) is 28.9. The molecule has 5 nitrogen and oxygen atoms in total. The van der Waals surface area contributed by atoms with Gasteiger partial charge in [-0.05, 0) is 12.5 Å². The molecule has 0 fully saturated rings. The number of amides is 1. The number of nitrogens with zero attached hydrogens (tertiary/aromatic N) is 3. The zero-order chi connectivity index (χ0) is 13.0. The van der Waals surface area contributed by atoms with Crippen molar-refractivity contribution in [2.45, 2.75) is 19.8 Å². The standard InChI is InChI=1S/C12H13N3O2S/c1-2-4-10-7-13-12(18-10)15-6-3-5-9(8-15)11(16)14-17/h3,5-7H,2,4,8H2,1H3. The van der Waals surface area contributed by atoms with Gasteiger partial charge in [-0.1, -0.05) is 19.4 Å². The molecule has 0 radical (unpaired) electrons. The van der Waals surface area contributed by atoms with E-state index in [2.05, 4.69) is 17.1 Å². The van der Waals surface area contributed by atoms with Crippen molar-refractivity contribution in [2.75, 3.05) is 11.4 Å². The average Bonchev–Trinajstić information content (AvgIpc) is 2.87. The maximum atomic E-state index is 11.2. The van der Waals surface area contributed by atoms with E-state index in [1.807, 2.05) is 17.3 Å². The quantitative estimate of drug-likeness (QED) is 0.783. The van der Waals surface area contributed by atoms with Crippen LogP contribution in [0.2, 0.25) is 0 Å². The molecule has 6 heteroatoms. The van der Waals surface area contributed by atoms with Crippen LogP contribution in [0.15, 0.2) is 35.3 Å². The second-order valence-corrected chi connectivity index (χ2v) is 5.01. The number of carbonyl (C=O) groups is 1. The number of nitroso groups, excluding NO2 is 1. The number of allylic oxidation sites excluding steroid dienone is 2. The highest BCUT2D eigenvalue weighted by Crippen LogP contribution is 2.26. The van der Waals surface area contributed by atoms with Crippen LogP contribution in [0.1, 0.15) is 18.2 Å². The van der Waals surface area contributed by atoms with E-state index in [0.29, 0.717) is 12.1 Å². The molecule has 0 spiro atoms. The molecular formula is C12H13N3O2S. The second kappa shape index (κ2) is 5.68. The molecule has 0 N–H and O–H groups in total. The van der Waals surface area contributed by atoms with Crippen molar-refractivity contribution in [2.24, 2.45) is 5.18 Å². The third kappa shape index (κ3) is 2.70. The van der Waals surface area contributed by atoms with Crippen molar-refractivity contribution in [3.05, 3.63) is 39.9 Å². The molecule has 2 rings (SSSR count). The van der Waals surface area contributed by atoms with Crippen LogP contribution in [0.25, 0.3) is 0 Å². The van der Waals surface area contributed by atoms with Gasteiger partial charge in [-0.15, -0.1) is 16.2 Å². The molecular weight excluding hydrogens is 250 g/mol. The number of carbonyl (C=O) groups excluding carboxylic acids is 1. The van der Waals surface area contributed by atoms with Crippen LogP contribution < -0.4 is 4.90 Å². The van der Waals surface area contributed by atoms with E-state index in [1.54, 1.807) is 23.5 Å². The van der Waals surface area contributed by atoms with E-state index in [-0.39, 0.29) is 0 Å².